The summed E-state index contributed by atoms with van der Waals surface area (Å²) in [6.45, 7) is 0. The topological polar surface area (TPSA) is 95.1 Å². The first-order valence-corrected chi connectivity index (χ1v) is 9.24. The van der Waals surface area contributed by atoms with Crippen LogP contribution >= 0.6 is 23.8 Å². The van der Waals surface area contributed by atoms with Gasteiger partial charge in [0.1, 0.15) is 0 Å². The molecule has 9 heteroatoms. The normalized spacial score (nSPS) is 9.97. The fourth-order valence-corrected chi connectivity index (χ4v) is 2.68. The van der Waals surface area contributed by atoms with E-state index in [0.29, 0.717) is 27.5 Å². The van der Waals surface area contributed by atoms with Gasteiger partial charge in [-0.3, -0.25) is 25.4 Å². The zero-order valence-corrected chi connectivity index (χ0v) is 16.6. The molecule has 0 spiro atoms. The fraction of sp³-hybridized carbons (Fsp3) is 0. The molecule has 2 amide bonds. The van der Waals surface area contributed by atoms with Crippen molar-refractivity contribution >= 4 is 52.1 Å². The minimum atomic E-state index is -0.384. The zero-order chi connectivity index (χ0) is 20.6. The first kappa shape index (κ1) is 20.2. The largest absolute Gasteiger partial charge is 0.331 e. The Morgan fingerprint density at radius 2 is 1.62 bits per heavy atom. The number of aromatic nitrogens is 1. The summed E-state index contributed by atoms with van der Waals surface area (Å²) < 4.78 is 0. The van der Waals surface area contributed by atoms with Gasteiger partial charge in [0.15, 0.2) is 5.11 Å². The molecule has 4 N–H and O–H groups in total. The molecule has 3 rings (SSSR count). The minimum absolute atomic E-state index is 0.209. The maximum Gasteiger partial charge on any atom is 0.269 e. The Labute approximate surface area is 177 Å². The van der Waals surface area contributed by atoms with Crippen molar-refractivity contribution in [2.75, 3.05) is 10.6 Å². The summed E-state index contributed by atoms with van der Waals surface area (Å²) >= 11 is 11.0. The number of thiocarbonyl (C=S) groups is 1. The summed E-state index contributed by atoms with van der Waals surface area (Å²) in [6, 6.07) is 16.8. The summed E-state index contributed by atoms with van der Waals surface area (Å²) in [5, 5.41) is 6.42. The van der Waals surface area contributed by atoms with Crippen LogP contribution in [0.15, 0.2) is 73.1 Å². The van der Waals surface area contributed by atoms with E-state index in [1.54, 1.807) is 66.9 Å². The molecule has 0 saturated carbocycles. The van der Waals surface area contributed by atoms with Crippen LogP contribution in [0.3, 0.4) is 0 Å². The van der Waals surface area contributed by atoms with Crippen LogP contribution in [0.1, 0.15) is 20.7 Å². The van der Waals surface area contributed by atoms with Gasteiger partial charge >= 0.3 is 0 Å². The average Bonchev–Trinajstić information content (AvgIpc) is 2.73. The van der Waals surface area contributed by atoms with Crippen LogP contribution in [-0.2, 0) is 0 Å². The molecule has 1 aromatic heterocycles. The number of halogens is 1. The molecule has 0 aliphatic heterocycles. The van der Waals surface area contributed by atoms with Crippen LogP contribution in [0, 0.1) is 0 Å². The molecule has 146 valence electrons. The lowest BCUT2D eigenvalue weighted by atomic mass is 10.2. The van der Waals surface area contributed by atoms with Crippen molar-refractivity contribution < 1.29 is 9.59 Å². The average molecular weight is 426 g/mol. The van der Waals surface area contributed by atoms with Gasteiger partial charge in [-0.2, -0.15) is 0 Å². The van der Waals surface area contributed by atoms with Gasteiger partial charge in [0.05, 0.1) is 5.56 Å². The Bertz CT molecular complexity index is 1030. The van der Waals surface area contributed by atoms with Crippen molar-refractivity contribution in [3.63, 3.8) is 0 Å². The molecule has 0 bridgehead atoms. The van der Waals surface area contributed by atoms with Crippen molar-refractivity contribution in [2.24, 2.45) is 0 Å². The number of hydrogen-bond acceptors (Lipinski definition) is 4. The van der Waals surface area contributed by atoms with E-state index in [4.69, 9.17) is 23.8 Å². The second-order valence-corrected chi connectivity index (χ2v) is 6.66. The predicted octanol–water partition coefficient (Wildman–Crippen LogP) is 3.62. The van der Waals surface area contributed by atoms with Gasteiger partial charge in [-0.25, -0.2) is 0 Å². The Kier molecular flexibility index (Phi) is 6.72. The summed E-state index contributed by atoms with van der Waals surface area (Å²) in [4.78, 5) is 28.3. The van der Waals surface area contributed by atoms with E-state index in [-0.39, 0.29) is 16.9 Å². The minimum Gasteiger partial charge on any atom is -0.331 e. The molecule has 0 saturated heterocycles. The van der Waals surface area contributed by atoms with E-state index < -0.39 is 0 Å². The van der Waals surface area contributed by atoms with Crippen molar-refractivity contribution in [1.29, 1.82) is 0 Å². The van der Waals surface area contributed by atoms with Crippen LogP contribution in [-0.4, -0.2) is 21.9 Å². The van der Waals surface area contributed by atoms with E-state index in [9.17, 15) is 9.59 Å². The number of nitrogens with one attached hydrogen (secondary N) is 4. The highest BCUT2D eigenvalue weighted by atomic mass is 35.5. The summed E-state index contributed by atoms with van der Waals surface area (Å²) in [6.07, 6.45) is 3.07. The second kappa shape index (κ2) is 9.63. The lowest BCUT2D eigenvalue weighted by molar-refractivity contribution is 0.0943. The smallest absolute Gasteiger partial charge is 0.269 e. The standard InChI is InChI=1S/C20H16ClN5O2S/c21-15-4-1-5-17(11-15)24-20(29)26-25-19(28)13-6-8-16(9-7-13)23-18(27)14-3-2-10-22-12-14/h1-12H,(H,23,27)(H,25,28)(H2,24,26,29). The van der Waals surface area contributed by atoms with Gasteiger partial charge < -0.3 is 10.6 Å². The van der Waals surface area contributed by atoms with Crippen molar-refractivity contribution in [1.82, 2.24) is 15.8 Å². The van der Waals surface area contributed by atoms with Gasteiger partial charge in [0.25, 0.3) is 11.8 Å². The van der Waals surface area contributed by atoms with Gasteiger partial charge in [-0.1, -0.05) is 17.7 Å². The first-order chi connectivity index (χ1) is 14.0. The molecule has 0 radical (unpaired) electrons. The number of hydrogen-bond donors (Lipinski definition) is 4. The fourth-order valence-electron chi connectivity index (χ4n) is 2.32. The third-order valence-corrected chi connectivity index (χ3v) is 4.14. The molecule has 1 heterocycles. The lowest BCUT2D eigenvalue weighted by Crippen LogP contribution is -2.43. The van der Waals surface area contributed by atoms with Gasteiger partial charge in [-0.15, -0.1) is 0 Å². The molecule has 29 heavy (non-hydrogen) atoms. The molecule has 7 nitrogen and oxygen atoms in total. The molecule has 0 unspecified atom stereocenters. The Balaban J connectivity index is 1.51. The number of nitrogens with zero attached hydrogens (tertiary/aromatic N) is 1. The maximum atomic E-state index is 12.2. The van der Waals surface area contributed by atoms with Gasteiger partial charge in [0, 0.05) is 34.4 Å². The summed E-state index contributed by atoms with van der Waals surface area (Å²) in [7, 11) is 0. The molecular formula is C20H16ClN5O2S. The van der Waals surface area contributed by atoms with E-state index in [1.807, 2.05) is 0 Å². The second-order valence-electron chi connectivity index (χ2n) is 5.82. The van der Waals surface area contributed by atoms with E-state index in [0.717, 1.165) is 0 Å². The number of carbonyl (C=O) groups excluding carboxylic acids is 2. The zero-order valence-electron chi connectivity index (χ0n) is 15.0. The molecule has 2 aromatic carbocycles. The Hall–Kier alpha value is -3.49. The highest BCUT2D eigenvalue weighted by Crippen LogP contribution is 2.14. The number of benzene rings is 2. The molecule has 0 fully saturated rings. The Morgan fingerprint density at radius 1 is 0.828 bits per heavy atom. The molecule has 0 aliphatic carbocycles. The van der Waals surface area contributed by atoms with Crippen molar-refractivity contribution in [2.45, 2.75) is 0 Å². The van der Waals surface area contributed by atoms with Crippen LogP contribution in [0.25, 0.3) is 0 Å². The van der Waals surface area contributed by atoms with Crippen LogP contribution in [0.4, 0.5) is 11.4 Å². The quantitative estimate of drug-likeness (QED) is 0.376. The van der Waals surface area contributed by atoms with Gasteiger partial charge in [-0.05, 0) is 66.8 Å². The number of amides is 2. The number of pyridine rings is 1. The summed E-state index contributed by atoms with van der Waals surface area (Å²) in [5.41, 5.74) is 7.20. The molecular weight excluding hydrogens is 410 g/mol. The number of rotatable bonds is 4. The summed E-state index contributed by atoms with van der Waals surface area (Å²) in [5.74, 6) is -0.667. The predicted molar refractivity (Wildman–Crippen MR) is 117 cm³/mol. The lowest BCUT2D eigenvalue weighted by Gasteiger charge is -2.12. The van der Waals surface area contributed by atoms with Crippen molar-refractivity contribution in [3.8, 4) is 0 Å². The number of anilines is 2. The first-order valence-electron chi connectivity index (χ1n) is 8.45. The highest BCUT2D eigenvalue weighted by Gasteiger charge is 2.09. The molecule has 3 aromatic rings. The van der Waals surface area contributed by atoms with Crippen LogP contribution in [0.5, 0.6) is 0 Å². The Morgan fingerprint density at radius 3 is 2.31 bits per heavy atom. The SMILES string of the molecule is O=C(NNC(=S)Nc1cccc(Cl)c1)c1ccc(NC(=O)c2cccnc2)cc1. The van der Waals surface area contributed by atoms with Crippen LogP contribution in [0.2, 0.25) is 5.02 Å². The monoisotopic (exact) mass is 425 g/mol. The third-order valence-electron chi connectivity index (χ3n) is 3.70. The molecule has 0 aliphatic rings. The third kappa shape index (κ3) is 6.00. The van der Waals surface area contributed by atoms with Crippen molar-refractivity contribution in [3.05, 3.63) is 89.2 Å². The highest BCUT2D eigenvalue weighted by molar-refractivity contribution is 7.80. The van der Waals surface area contributed by atoms with E-state index in [2.05, 4.69) is 26.5 Å². The number of carbonyl (C=O) groups is 2. The number of hydrazine groups is 1. The molecule has 0 atom stereocenters. The van der Waals surface area contributed by atoms with Crippen LogP contribution < -0.4 is 21.5 Å². The van der Waals surface area contributed by atoms with E-state index in [1.165, 1.54) is 6.20 Å². The van der Waals surface area contributed by atoms with Gasteiger partial charge in [0.2, 0.25) is 0 Å². The maximum absolute atomic E-state index is 12.2. The van der Waals surface area contributed by atoms with E-state index >= 15 is 0 Å².